The highest BCUT2D eigenvalue weighted by Crippen LogP contribution is 2.24. The number of aromatic nitrogens is 2. The fraction of sp³-hybridized carbons (Fsp3) is 0.333. The molecule has 2 aromatic heterocycles. The molecule has 0 bridgehead atoms. The quantitative estimate of drug-likeness (QED) is 0.783. The lowest BCUT2D eigenvalue weighted by molar-refractivity contribution is 0.161. The minimum Gasteiger partial charge on any atom is -0.383 e. The maximum absolute atomic E-state index is 9.24. The van der Waals surface area contributed by atoms with Gasteiger partial charge in [0.15, 0.2) is 0 Å². The summed E-state index contributed by atoms with van der Waals surface area (Å²) in [4.78, 5) is 4.20. The van der Waals surface area contributed by atoms with Crippen molar-refractivity contribution in [3.8, 4) is 6.07 Å². The molecule has 0 radical (unpaired) electrons. The zero-order chi connectivity index (χ0) is 11.6. The maximum atomic E-state index is 9.24. The van der Waals surface area contributed by atoms with E-state index >= 15 is 0 Å². The Morgan fingerprint density at radius 1 is 1.56 bits per heavy atom. The number of methoxy groups -OCH3 is 1. The number of nitrogens with zero attached hydrogens (tertiary/aromatic N) is 3. The van der Waals surface area contributed by atoms with Crippen LogP contribution in [0.25, 0.3) is 5.65 Å². The molecule has 0 aliphatic heterocycles. The Morgan fingerprint density at radius 3 is 3.06 bits per heavy atom. The molecule has 1 atom stereocenters. The van der Waals surface area contributed by atoms with Gasteiger partial charge in [-0.05, 0) is 24.6 Å². The van der Waals surface area contributed by atoms with Gasteiger partial charge in [0.25, 0.3) is 0 Å². The number of imidazole rings is 1. The predicted molar refractivity (Wildman–Crippen MR) is 60.0 cm³/mol. The Bertz CT molecular complexity index is 540. The highest BCUT2D eigenvalue weighted by molar-refractivity contribution is 5.45. The van der Waals surface area contributed by atoms with Crippen molar-refractivity contribution in [3.63, 3.8) is 0 Å². The van der Waals surface area contributed by atoms with E-state index in [1.165, 1.54) is 0 Å². The molecule has 0 aliphatic carbocycles. The fourth-order valence-corrected chi connectivity index (χ4v) is 1.72. The van der Waals surface area contributed by atoms with Crippen molar-refractivity contribution >= 4 is 5.65 Å². The molecule has 0 aliphatic rings. The first-order chi connectivity index (χ1) is 7.69. The minimum absolute atomic E-state index is 0.375. The van der Waals surface area contributed by atoms with Crippen LogP contribution in [-0.4, -0.2) is 23.1 Å². The van der Waals surface area contributed by atoms with Crippen molar-refractivity contribution in [1.29, 1.82) is 5.26 Å². The molecule has 0 saturated heterocycles. The van der Waals surface area contributed by atoms with E-state index in [-0.39, 0.29) is 0 Å². The second kappa shape index (κ2) is 3.95. The van der Waals surface area contributed by atoms with Crippen molar-refractivity contribution in [2.45, 2.75) is 12.3 Å². The van der Waals surface area contributed by atoms with Crippen LogP contribution in [0.3, 0.4) is 0 Å². The van der Waals surface area contributed by atoms with Gasteiger partial charge in [-0.1, -0.05) is 0 Å². The minimum atomic E-state index is -0.623. The van der Waals surface area contributed by atoms with Gasteiger partial charge in [0.05, 0.1) is 12.7 Å². The molecular weight excluding hydrogens is 202 g/mol. The molecule has 82 valence electrons. The lowest BCUT2D eigenvalue weighted by Crippen LogP contribution is -2.25. The first-order valence-electron chi connectivity index (χ1n) is 5.03. The number of rotatable bonds is 3. The molecule has 0 saturated carbocycles. The molecular formula is C12H13N3O. The highest BCUT2D eigenvalue weighted by atomic mass is 16.5. The summed E-state index contributed by atoms with van der Waals surface area (Å²) in [6.45, 7) is 2.24. The SMILES string of the molecule is COCC(C)(C#N)c1ccn2ccnc2c1. The first-order valence-corrected chi connectivity index (χ1v) is 5.03. The second-order valence-corrected chi connectivity index (χ2v) is 3.99. The predicted octanol–water partition coefficient (Wildman–Crippen LogP) is 1.76. The van der Waals surface area contributed by atoms with Gasteiger partial charge >= 0.3 is 0 Å². The molecule has 2 rings (SSSR count). The molecule has 1 unspecified atom stereocenters. The van der Waals surface area contributed by atoms with Crippen LogP contribution in [0.1, 0.15) is 12.5 Å². The van der Waals surface area contributed by atoms with E-state index in [1.807, 2.05) is 35.9 Å². The van der Waals surface area contributed by atoms with Crippen LogP contribution in [0.15, 0.2) is 30.7 Å². The summed E-state index contributed by atoms with van der Waals surface area (Å²) in [5.74, 6) is 0. The summed E-state index contributed by atoms with van der Waals surface area (Å²) < 4.78 is 7.01. The van der Waals surface area contributed by atoms with Gasteiger partial charge in [-0.15, -0.1) is 0 Å². The smallest absolute Gasteiger partial charge is 0.136 e. The third-order valence-corrected chi connectivity index (χ3v) is 2.71. The summed E-state index contributed by atoms with van der Waals surface area (Å²) in [7, 11) is 1.60. The van der Waals surface area contributed by atoms with Crippen LogP contribution in [0.2, 0.25) is 0 Å². The maximum Gasteiger partial charge on any atom is 0.136 e. The summed E-state index contributed by atoms with van der Waals surface area (Å²) in [6.07, 6.45) is 5.52. The molecule has 0 fully saturated rings. The van der Waals surface area contributed by atoms with Crippen molar-refractivity contribution in [2.75, 3.05) is 13.7 Å². The van der Waals surface area contributed by atoms with E-state index in [0.29, 0.717) is 6.61 Å². The molecule has 16 heavy (non-hydrogen) atoms. The third-order valence-electron chi connectivity index (χ3n) is 2.71. The van der Waals surface area contributed by atoms with Crippen molar-refractivity contribution < 1.29 is 4.74 Å². The number of hydrogen-bond donors (Lipinski definition) is 0. The van der Waals surface area contributed by atoms with Gasteiger partial charge in [0, 0.05) is 25.7 Å². The average molecular weight is 215 g/mol. The van der Waals surface area contributed by atoms with Gasteiger partial charge in [0.1, 0.15) is 11.1 Å². The molecule has 0 aromatic carbocycles. The molecule has 2 heterocycles. The van der Waals surface area contributed by atoms with E-state index < -0.39 is 5.41 Å². The Morgan fingerprint density at radius 2 is 2.38 bits per heavy atom. The Kier molecular flexibility index (Phi) is 2.63. The molecule has 2 aromatic rings. The second-order valence-electron chi connectivity index (χ2n) is 3.99. The van der Waals surface area contributed by atoms with E-state index in [4.69, 9.17) is 4.74 Å². The van der Waals surface area contributed by atoms with Gasteiger partial charge in [-0.25, -0.2) is 4.98 Å². The Hall–Kier alpha value is -1.86. The average Bonchev–Trinajstić information content (AvgIpc) is 2.76. The number of pyridine rings is 1. The van der Waals surface area contributed by atoms with Crippen molar-refractivity contribution in [3.05, 3.63) is 36.3 Å². The topological polar surface area (TPSA) is 50.3 Å². The van der Waals surface area contributed by atoms with Gasteiger partial charge in [-0.3, -0.25) is 0 Å². The fourth-order valence-electron chi connectivity index (χ4n) is 1.72. The monoisotopic (exact) mass is 215 g/mol. The standard InChI is InChI=1S/C12H13N3O/c1-12(8-13,9-16-2)10-3-5-15-6-4-14-11(15)7-10/h3-7H,9H2,1-2H3. The van der Waals surface area contributed by atoms with Crippen LogP contribution in [0, 0.1) is 11.3 Å². The number of hydrogen-bond acceptors (Lipinski definition) is 3. The Labute approximate surface area is 94.1 Å². The summed E-state index contributed by atoms with van der Waals surface area (Å²) in [5, 5.41) is 9.24. The molecule has 0 amide bonds. The summed E-state index contributed by atoms with van der Waals surface area (Å²) in [5.41, 5.74) is 1.15. The normalized spacial score (nSPS) is 14.6. The molecule has 4 nitrogen and oxygen atoms in total. The largest absolute Gasteiger partial charge is 0.383 e. The lowest BCUT2D eigenvalue weighted by atomic mass is 9.85. The van der Waals surface area contributed by atoms with Gasteiger partial charge in [0.2, 0.25) is 0 Å². The number of fused-ring (bicyclic) bond motifs is 1. The van der Waals surface area contributed by atoms with Crippen molar-refractivity contribution in [2.24, 2.45) is 0 Å². The molecule has 0 N–H and O–H groups in total. The zero-order valence-corrected chi connectivity index (χ0v) is 9.34. The van der Waals surface area contributed by atoms with E-state index in [2.05, 4.69) is 11.1 Å². The third kappa shape index (κ3) is 1.66. The van der Waals surface area contributed by atoms with Crippen LogP contribution in [0.5, 0.6) is 0 Å². The van der Waals surface area contributed by atoms with Crippen LogP contribution in [-0.2, 0) is 10.2 Å². The van der Waals surface area contributed by atoms with Gasteiger partial charge in [-0.2, -0.15) is 5.26 Å². The van der Waals surface area contributed by atoms with E-state index in [9.17, 15) is 5.26 Å². The summed E-state index contributed by atoms with van der Waals surface area (Å²) >= 11 is 0. The lowest BCUT2D eigenvalue weighted by Gasteiger charge is -2.20. The van der Waals surface area contributed by atoms with E-state index in [0.717, 1.165) is 11.2 Å². The zero-order valence-electron chi connectivity index (χ0n) is 9.34. The molecule has 4 heteroatoms. The molecule has 0 spiro atoms. The highest BCUT2D eigenvalue weighted by Gasteiger charge is 2.26. The number of ether oxygens (including phenoxy) is 1. The van der Waals surface area contributed by atoms with Crippen LogP contribution in [0.4, 0.5) is 0 Å². The van der Waals surface area contributed by atoms with Gasteiger partial charge < -0.3 is 9.14 Å². The van der Waals surface area contributed by atoms with E-state index in [1.54, 1.807) is 13.3 Å². The first kappa shape index (κ1) is 10.7. The van der Waals surface area contributed by atoms with Crippen LogP contribution < -0.4 is 0 Å². The summed E-state index contributed by atoms with van der Waals surface area (Å²) in [6, 6.07) is 6.14. The van der Waals surface area contributed by atoms with Crippen LogP contribution >= 0.6 is 0 Å². The number of nitriles is 1. The van der Waals surface area contributed by atoms with Crippen molar-refractivity contribution in [1.82, 2.24) is 9.38 Å². The Balaban J connectivity index is 2.49.